The van der Waals surface area contributed by atoms with E-state index in [0.717, 1.165) is 30.4 Å². The molecular formula is C10H15N3O2. The van der Waals surface area contributed by atoms with E-state index in [1.165, 1.54) is 13.1 Å². The van der Waals surface area contributed by atoms with E-state index in [9.17, 15) is 9.59 Å². The van der Waals surface area contributed by atoms with Crippen LogP contribution in [0.3, 0.4) is 0 Å². The van der Waals surface area contributed by atoms with E-state index in [0.29, 0.717) is 5.69 Å². The Balaban J connectivity index is 2.36. The van der Waals surface area contributed by atoms with E-state index < -0.39 is 0 Å². The average Bonchev–Trinajstić information content (AvgIpc) is 2.26. The SMILES string of the molecule is Cn1c(=O)cc(C2CCCCN2)[nH]c1=O. The largest absolute Gasteiger partial charge is 0.328 e. The van der Waals surface area contributed by atoms with Crippen molar-refractivity contribution in [2.75, 3.05) is 6.54 Å². The summed E-state index contributed by atoms with van der Waals surface area (Å²) in [6, 6.07) is 1.63. The molecule has 0 amide bonds. The molecule has 2 rings (SSSR count). The second-order valence-corrected chi connectivity index (χ2v) is 3.93. The Hall–Kier alpha value is -1.36. The van der Waals surface area contributed by atoms with Crippen LogP contribution in [0, 0.1) is 0 Å². The number of hydrogen-bond donors (Lipinski definition) is 2. The molecule has 0 aliphatic carbocycles. The number of aromatic nitrogens is 2. The third-order valence-electron chi connectivity index (χ3n) is 2.85. The number of nitrogens with zero attached hydrogens (tertiary/aromatic N) is 1. The highest BCUT2D eigenvalue weighted by Crippen LogP contribution is 2.19. The molecule has 1 aromatic rings. The molecule has 1 atom stereocenters. The molecule has 0 spiro atoms. The molecule has 5 nitrogen and oxygen atoms in total. The number of aromatic amines is 1. The highest BCUT2D eigenvalue weighted by atomic mass is 16.2. The van der Waals surface area contributed by atoms with E-state index in [1.54, 1.807) is 0 Å². The zero-order valence-corrected chi connectivity index (χ0v) is 8.75. The molecular weight excluding hydrogens is 194 g/mol. The molecule has 2 N–H and O–H groups in total. The van der Waals surface area contributed by atoms with Crippen LogP contribution >= 0.6 is 0 Å². The minimum atomic E-state index is -0.343. The van der Waals surface area contributed by atoms with Gasteiger partial charge in [0, 0.05) is 24.8 Å². The Kier molecular flexibility index (Phi) is 2.73. The van der Waals surface area contributed by atoms with Crippen molar-refractivity contribution in [3.63, 3.8) is 0 Å². The minimum Gasteiger partial charge on any atom is -0.309 e. The maximum Gasteiger partial charge on any atom is 0.328 e. The lowest BCUT2D eigenvalue weighted by Crippen LogP contribution is -2.36. The van der Waals surface area contributed by atoms with Crippen LogP contribution in [0.1, 0.15) is 31.0 Å². The number of hydrogen-bond acceptors (Lipinski definition) is 3. The lowest BCUT2D eigenvalue weighted by molar-refractivity contribution is 0.402. The van der Waals surface area contributed by atoms with E-state index in [2.05, 4.69) is 10.3 Å². The Morgan fingerprint density at radius 3 is 2.80 bits per heavy atom. The van der Waals surface area contributed by atoms with Gasteiger partial charge in [0.2, 0.25) is 0 Å². The zero-order chi connectivity index (χ0) is 10.8. The first-order valence-corrected chi connectivity index (χ1v) is 5.22. The highest BCUT2D eigenvalue weighted by Gasteiger charge is 2.16. The van der Waals surface area contributed by atoms with E-state index >= 15 is 0 Å². The lowest BCUT2D eigenvalue weighted by Gasteiger charge is -2.23. The quantitative estimate of drug-likeness (QED) is 0.678. The molecule has 15 heavy (non-hydrogen) atoms. The lowest BCUT2D eigenvalue weighted by atomic mass is 10.0. The summed E-state index contributed by atoms with van der Waals surface area (Å²) in [7, 11) is 1.47. The van der Waals surface area contributed by atoms with Crippen LogP contribution in [-0.4, -0.2) is 16.1 Å². The molecule has 1 aliphatic heterocycles. The van der Waals surface area contributed by atoms with Crippen molar-refractivity contribution in [3.05, 3.63) is 32.6 Å². The number of H-pyrrole nitrogens is 1. The smallest absolute Gasteiger partial charge is 0.309 e. The van der Waals surface area contributed by atoms with Crippen molar-refractivity contribution in [1.29, 1.82) is 0 Å². The Bertz CT molecular complexity index is 423. The molecule has 82 valence electrons. The molecule has 5 heteroatoms. The van der Waals surface area contributed by atoms with Crippen molar-refractivity contribution in [2.45, 2.75) is 25.3 Å². The molecule has 0 bridgehead atoms. The maximum atomic E-state index is 11.4. The van der Waals surface area contributed by atoms with Crippen molar-refractivity contribution < 1.29 is 0 Å². The summed E-state index contributed by atoms with van der Waals surface area (Å²) in [5.41, 5.74) is 0.119. The fourth-order valence-electron chi connectivity index (χ4n) is 1.88. The molecule has 0 aromatic carbocycles. The molecule has 1 unspecified atom stereocenters. The van der Waals surface area contributed by atoms with Gasteiger partial charge in [0.15, 0.2) is 0 Å². The van der Waals surface area contributed by atoms with Crippen molar-refractivity contribution in [2.24, 2.45) is 7.05 Å². The Labute approximate surface area is 87.1 Å². The fraction of sp³-hybridized carbons (Fsp3) is 0.600. The topological polar surface area (TPSA) is 66.9 Å². The van der Waals surface area contributed by atoms with Gasteiger partial charge >= 0.3 is 5.69 Å². The second kappa shape index (κ2) is 4.02. The van der Waals surface area contributed by atoms with Crippen LogP contribution < -0.4 is 16.6 Å². The first kappa shape index (κ1) is 10.2. The summed E-state index contributed by atoms with van der Waals surface area (Å²) < 4.78 is 1.08. The van der Waals surface area contributed by atoms with Crippen LogP contribution in [0.25, 0.3) is 0 Å². The van der Waals surface area contributed by atoms with Crippen molar-refractivity contribution in [3.8, 4) is 0 Å². The third kappa shape index (κ3) is 2.02. The first-order valence-electron chi connectivity index (χ1n) is 5.22. The fourth-order valence-corrected chi connectivity index (χ4v) is 1.88. The molecule has 0 saturated carbocycles. The predicted molar refractivity (Wildman–Crippen MR) is 56.9 cm³/mol. The Morgan fingerprint density at radius 1 is 1.40 bits per heavy atom. The standard InChI is InChI=1S/C10H15N3O2/c1-13-9(14)6-8(12-10(13)15)7-4-2-3-5-11-7/h6-7,11H,2-5H2,1H3,(H,12,15). The van der Waals surface area contributed by atoms with Gasteiger partial charge in [-0.05, 0) is 19.4 Å². The molecule has 2 heterocycles. The number of nitrogens with one attached hydrogen (secondary N) is 2. The summed E-state index contributed by atoms with van der Waals surface area (Å²) in [5.74, 6) is 0. The molecule has 1 aromatic heterocycles. The summed E-state index contributed by atoms with van der Waals surface area (Å²) in [6.45, 7) is 0.946. The Morgan fingerprint density at radius 2 is 2.20 bits per heavy atom. The summed E-state index contributed by atoms with van der Waals surface area (Å²) >= 11 is 0. The van der Waals surface area contributed by atoms with Gasteiger partial charge in [-0.1, -0.05) is 6.42 Å². The molecule has 1 saturated heterocycles. The van der Waals surface area contributed by atoms with Gasteiger partial charge in [-0.2, -0.15) is 0 Å². The van der Waals surface area contributed by atoms with E-state index in [4.69, 9.17) is 0 Å². The average molecular weight is 209 g/mol. The van der Waals surface area contributed by atoms with Gasteiger partial charge in [-0.15, -0.1) is 0 Å². The number of rotatable bonds is 1. The van der Waals surface area contributed by atoms with Gasteiger partial charge in [-0.25, -0.2) is 4.79 Å². The highest BCUT2D eigenvalue weighted by molar-refractivity contribution is 5.06. The van der Waals surface area contributed by atoms with Crippen molar-refractivity contribution >= 4 is 0 Å². The first-order chi connectivity index (χ1) is 7.18. The normalized spacial score (nSPS) is 21.5. The predicted octanol–water partition coefficient (Wildman–Crippen LogP) is -0.112. The molecule has 0 radical (unpaired) electrons. The van der Waals surface area contributed by atoms with Gasteiger partial charge in [-0.3, -0.25) is 9.36 Å². The van der Waals surface area contributed by atoms with Gasteiger partial charge in [0.05, 0.1) is 0 Å². The maximum absolute atomic E-state index is 11.4. The molecule has 1 fully saturated rings. The summed E-state index contributed by atoms with van der Waals surface area (Å²) in [6.07, 6.45) is 3.27. The molecule has 1 aliphatic rings. The summed E-state index contributed by atoms with van der Waals surface area (Å²) in [5, 5.41) is 3.29. The number of piperidine rings is 1. The van der Waals surface area contributed by atoms with Crippen LogP contribution in [0.5, 0.6) is 0 Å². The summed E-state index contributed by atoms with van der Waals surface area (Å²) in [4.78, 5) is 25.5. The van der Waals surface area contributed by atoms with Crippen LogP contribution in [0.2, 0.25) is 0 Å². The van der Waals surface area contributed by atoms with E-state index in [1.807, 2.05) is 0 Å². The van der Waals surface area contributed by atoms with Crippen LogP contribution in [0.4, 0.5) is 0 Å². The second-order valence-electron chi connectivity index (χ2n) is 3.93. The minimum absolute atomic E-state index is 0.125. The van der Waals surface area contributed by atoms with Crippen LogP contribution in [-0.2, 0) is 7.05 Å². The van der Waals surface area contributed by atoms with Gasteiger partial charge in [0.1, 0.15) is 0 Å². The third-order valence-corrected chi connectivity index (χ3v) is 2.85. The van der Waals surface area contributed by atoms with Crippen molar-refractivity contribution in [1.82, 2.24) is 14.9 Å². The van der Waals surface area contributed by atoms with E-state index in [-0.39, 0.29) is 17.3 Å². The monoisotopic (exact) mass is 209 g/mol. The van der Waals surface area contributed by atoms with Gasteiger partial charge in [0.25, 0.3) is 5.56 Å². The zero-order valence-electron chi connectivity index (χ0n) is 8.75. The van der Waals surface area contributed by atoms with Gasteiger partial charge < -0.3 is 10.3 Å². The van der Waals surface area contributed by atoms with Crippen LogP contribution in [0.15, 0.2) is 15.7 Å².